The van der Waals surface area contributed by atoms with Crippen LogP contribution in [0.1, 0.15) is 78.2 Å². The third-order valence-electron chi connectivity index (χ3n) is 9.07. The van der Waals surface area contributed by atoms with Gasteiger partial charge in [-0.05, 0) is 75.6 Å². The third-order valence-corrected chi connectivity index (χ3v) is 9.07. The molecular weight excluding hydrogens is 720 g/mol. The lowest BCUT2D eigenvalue weighted by molar-refractivity contribution is -0.144. The topological polar surface area (TPSA) is 313 Å². The summed E-state index contributed by atoms with van der Waals surface area (Å²) < 4.78 is 0. The van der Waals surface area contributed by atoms with E-state index in [4.69, 9.17) is 11.5 Å². The Morgan fingerprint density at radius 2 is 1.44 bits per heavy atom. The summed E-state index contributed by atoms with van der Waals surface area (Å²) in [7, 11) is 0. The molecule has 19 heteroatoms. The van der Waals surface area contributed by atoms with Crippen LogP contribution in [0.15, 0.2) is 24.3 Å². The van der Waals surface area contributed by atoms with Gasteiger partial charge in [0.1, 0.15) is 42.0 Å². The summed E-state index contributed by atoms with van der Waals surface area (Å²) in [4.78, 5) is 104. The van der Waals surface area contributed by atoms with Gasteiger partial charge in [-0.1, -0.05) is 26.0 Å². The second kappa shape index (κ2) is 22.2. The van der Waals surface area contributed by atoms with Crippen LogP contribution in [0, 0.1) is 5.92 Å². The highest BCUT2D eigenvalue weighted by Crippen LogP contribution is 2.21. The molecule has 1 aliphatic heterocycles. The van der Waals surface area contributed by atoms with Gasteiger partial charge < -0.3 is 58.3 Å². The first-order valence-electron chi connectivity index (χ1n) is 18.3. The minimum atomic E-state index is -1.64. The Morgan fingerprint density at radius 1 is 0.818 bits per heavy atom. The number of hydrogen-bond donors (Lipinski definition) is 10. The zero-order chi connectivity index (χ0) is 41.4. The number of primary amides is 1. The van der Waals surface area contributed by atoms with Crippen molar-refractivity contribution in [3.05, 3.63) is 29.8 Å². The molecule has 1 fully saturated rings. The Morgan fingerprint density at radius 3 is 1.98 bits per heavy atom. The first kappa shape index (κ1) is 45.9. The molecule has 1 saturated heterocycles. The summed E-state index contributed by atoms with van der Waals surface area (Å²) in [6, 6.07) is -1.53. The number of amides is 7. The number of nitrogens with zero attached hydrogens (tertiary/aromatic N) is 1. The third kappa shape index (κ3) is 14.8. The number of aromatic hydroxyl groups is 1. The van der Waals surface area contributed by atoms with E-state index < -0.39 is 95.6 Å². The van der Waals surface area contributed by atoms with E-state index in [0.717, 1.165) is 0 Å². The smallest absolute Gasteiger partial charge is 0.326 e. The minimum Gasteiger partial charge on any atom is -0.508 e. The van der Waals surface area contributed by atoms with Crippen LogP contribution in [0.5, 0.6) is 5.75 Å². The molecule has 0 radical (unpaired) electrons. The van der Waals surface area contributed by atoms with Gasteiger partial charge in [-0.25, -0.2) is 4.79 Å². The van der Waals surface area contributed by atoms with Crippen LogP contribution in [0.4, 0.5) is 0 Å². The van der Waals surface area contributed by atoms with Crippen LogP contribution in [-0.4, -0.2) is 123 Å². The van der Waals surface area contributed by atoms with Crippen LogP contribution in [0.25, 0.3) is 0 Å². The maximum absolute atomic E-state index is 14.1. The van der Waals surface area contributed by atoms with E-state index in [1.807, 2.05) is 0 Å². The Hall–Kier alpha value is -5.30. The van der Waals surface area contributed by atoms with Crippen LogP contribution in [0.2, 0.25) is 0 Å². The average molecular weight is 777 g/mol. The van der Waals surface area contributed by atoms with E-state index in [0.29, 0.717) is 31.4 Å². The average Bonchev–Trinajstić information content (AvgIpc) is 3.60. The highest BCUT2D eigenvalue weighted by molar-refractivity contribution is 5.97. The van der Waals surface area contributed by atoms with Gasteiger partial charge in [-0.15, -0.1) is 0 Å². The zero-order valence-corrected chi connectivity index (χ0v) is 31.7. The normalized spacial score (nSPS) is 17.1. The maximum Gasteiger partial charge on any atom is 0.326 e. The van der Waals surface area contributed by atoms with E-state index in [-0.39, 0.29) is 44.4 Å². The van der Waals surface area contributed by atoms with Crippen molar-refractivity contribution in [1.29, 1.82) is 0 Å². The van der Waals surface area contributed by atoms with Crippen LogP contribution >= 0.6 is 0 Å². The number of phenols is 1. The number of carbonyl (C=O) groups excluding carboxylic acids is 7. The molecule has 0 aromatic heterocycles. The summed E-state index contributed by atoms with van der Waals surface area (Å²) in [5.74, 6) is -7.03. The van der Waals surface area contributed by atoms with Crippen molar-refractivity contribution in [1.82, 2.24) is 31.5 Å². The number of nitrogens with two attached hydrogens (primary N) is 2. The molecule has 7 atom stereocenters. The molecule has 7 amide bonds. The van der Waals surface area contributed by atoms with Crippen LogP contribution < -0.4 is 38.1 Å². The molecule has 1 aromatic carbocycles. The van der Waals surface area contributed by atoms with Crippen molar-refractivity contribution in [2.24, 2.45) is 17.4 Å². The molecule has 6 unspecified atom stereocenters. The summed E-state index contributed by atoms with van der Waals surface area (Å²) in [6.07, 6.45) is -0.233. The fraction of sp³-hybridized carbons (Fsp3) is 0.611. The zero-order valence-electron chi connectivity index (χ0n) is 31.7. The standard InChI is InChI=1S/C36H56N8O11/c1-19(2)29(33(51)43-30(20(3)45)34(52)41-25(36(54)55)14-15-28(38)48)42-32(50)27-9-7-17-44(27)35(53)24(8-5-6-16-37)40-31(49)26(39-21(4)46)18-22-10-12-23(47)13-11-22/h10-13,19-20,24-27,29-30,45,47H,5-9,14-18,37H2,1-4H3,(H2,38,48)(H,39,46)(H,40,49)(H,41,52)(H,42,50)(H,43,51)(H,54,55)/t20?,24?,25?,26?,27-,29?,30?/m0/s1. The summed E-state index contributed by atoms with van der Waals surface area (Å²) in [6.45, 7) is 6.20. The molecule has 0 spiro atoms. The highest BCUT2D eigenvalue weighted by atomic mass is 16.4. The van der Waals surface area contributed by atoms with Crippen LogP contribution in [-0.2, 0) is 44.8 Å². The molecule has 1 aliphatic rings. The van der Waals surface area contributed by atoms with Crippen molar-refractivity contribution >= 4 is 47.3 Å². The van der Waals surface area contributed by atoms with E-state index in [2.05, 4.69) is 26.6 Å². The summed E-state index contributed by atoms with van der Waals surface area (Å²) in [5.41, 5.74) is 11.4. The predicted molar refractivity (Wildman–Crippen MR) is 197 cm³/mol. The number of aliphatic hydroxyl groups excluding tert-OH is 1. The molecule has 55 heavy (non-hydrogen) atoms. The predicted octanol–water partition coefficient (Wildman–Crippen LogP) is -2.11. The van der Waals surface area contributed by atoms with Crippen LogP contribution in [0.3, 0.4) is 0 Å². The highest BCUT2D eigenvalue weighted by Gasteiger charge is 2.40. The second-order valence-corrected chi connectivity index (χ2v) is 14.0. The fourth-order valence-electron chi connectivity index (χ4n) is 6.09. The number of nitrogens with one attached hydrogen (secondary N) is 5. The van der Waals surface area contributed by atoms with Gasteiger partial charge in [0.25, 0.3) is 0 Å². The first-order chi connectivity index (χ1) is 25.9. The van der Waals surface area contributed by atoms with E-state index in [1.165, 1.54) is 30.9 Å². The van der Waals surface area contributed by atoms with Gasteiger partial charge in [-0.3, -0.25) is 33.6 Å². The van der Waals surface area contributed by atoms with Gasteiger partial charge in [0.2, 0.25) is 41.4 Å². The lowest BCUT2D eigenvalue weighted by atomic mass is 10.0. The van der Waals surface area contributed by atoms with E-state index in [1.54, 1.807) is 26.0 Å². The van der Waals surface area contributed by atoms with Gasteiger partial charge in [0.05, 0.1) is 6.10 Å². The quantitative estimate of drug-likeness (QED) is 0.0566. The number of carboxylic acid groups (broad SMARTS) is 1. The number of carboxylic acids is 1. The lowest BCUT2D eigenvalue weighted by Gasteiger charge is -2.32. The van der Waals surface area contributed by atoms with Crippen molar-refractivity contribution in [3.8, 4) is 5.75 Å². The van der Waals surface area contributed by atoms with E-state index >= 15 is 0 Å². The Kier molecular flexibility index (Phi) is 18.5. The number of unbranched alkanes of at least 4 members (excludes halogenated alkanes) is 1. The largest absolute Gasteiger partial charge is 0.508 e. The van der Waals surface area contributed by atoms with Gasteiger partial charge in [0, 0.05) is 26.3 Å². The SMILES string of the molecule is CC(=O)NC(Cc1ccc(O)cc1)C(=O)NC(CCCCN)C(=O)N1CCC[C@H]1C(=O)NC(C(=O)NC(C(=O)NC(CCC(N)=O)C(=O)O)C(C)O)C(C)C. The monoisotopic (exact) mass is 776 g/mol. The Labute approximate surface area is 319 Å². The minimum absolute atomic E-state index is 0.0246. The van der Waals surface area contributed by atoms with Crippen molar-refractivity contribution in [2.75, 3.05) is 13.1 Å². The Bertz CT molecular complexity index is 1520. The first-order valence-corrected chi connectivity index (χ1v) is 18.3. The second-order valence-electron chi connectivity index (χ2n) is 14.0. The Balaban J connectivity index is 2.24. The number of benzene rings is 1. The number of carbonyl (C=O) groups is 8. The molecule has 1 heterocycles. The molecule has 2 rings (SSSR count). The van der Waals surface area contributed by atoms with Gasteiger partial charge in [0.15, 0.2) is 0 Å². The number of likely N-dealkylation sites (tertiary alicyclic amines) is 1. The molecule has 0 aliphatic carbocycles. The molecular formula is C36H56N8O11. The maximum atomic E-state index is 14.1. The molecule has 306 valence electrons. The molecule has 19 nitrogen and oxygen atoms in total. The van der Waals surface area contributed by atoms with Crippen molar-refractivity contribution in [3.63, 3.8) is 0 Å². The number of hydrogen-bond acceptors (Lipinski definition) is 11. The molecule has 0 bridgehead atoms. The van der Waals surface area contributed by atoms with Gasteiger partial charge >= 0.3 is 5.97 Å². The number of aliphatic hydroxyl groups is 1. The van der Waals surface area contributed by atoms with Crippen molar-refractivity contribution in [2.45, 2.75) is 121 Å². The number of aliphatic carboxylic acids is 1. The number of rotatable bonds is 22. The summed E-state index contributed by atoms with van der Waals surface area (Å²) in [5, 5.41) is 42.0. The van der Waals surface area contributed by atoms with Crippen molar-refractivity contribution < 1.29 is 53.7 Å². The lowest BCUT2D eigenvalue weighted by Crippen LogP contribution is -2.61. The molecule has 1 aromatic rings. The van der Waals surface area contributed by atoms with Gasteiger partial charge in [-0.2, -0.15) is 0 Å². The fourth-order valence-corrected chi connectivity index (χ4v) is 6.09. The molecule has 12 N–H and O–H groups in total. The van der Waals surface area contributed by atoms with E-state index in [9.17, 15) is 53.7 Å². The number of phenolic OH excluding ortho intramolecular Hbond substituents is 1. The summed E-state index contributed by atoms with van der Waals surface area (Å²) >= 11 is 0. The molecule has 0 saturated carbocycles.